The van der Waals surface area contributed by atoms with Gasteiger partial charge in [-0.2, -0.15) is 0 Å². The zero-order valence-electron chi connectivity index (χ0n) is 12.7. The lowest BCUT2D eigenvalue weighted by atomic mass is 10.2. The average Bonchev–Trinajstić information content (AvgIpc) is 2.57. The van der Waals surface area contributed by atoms with Gasteiger partial charge in [0.25, 0.3) is 0 Å². The van der Waals surface area contributed by atoms with Gasteiger partial charge in [-0.3, -0.25) is 4.90 Å². The summed E-state index contributed by atoms with van der Waals surface area (Å²) in [7, 11) is 0. The molecule has 3 rings (SSSR count). The summed E-state index contributed by atoms with van der Waals surface area (Å²) in [6.45, 7) is 4.63. The van der Waals surface area contributed by atoms with Crippen LogP contribution in [0.4, 0.5) is 10.1 Å². The minimum atomic E-state index is -0.125. The third-order valence-corrected chi connectivity index (χ3v) is 4.04. The van der Waals surface area contributed by atoms with Gasteiger partial charge in [0.1, 0.15) is 5.82 Å². The van der Waals surface area contributed by atoms with E-state index in [4.69, 9.17) is 0 Å². The largest absolute Gasteiger partial charge is 0.367 e. The molecule has 0 amide bonds. The van der Waals surface area contributed by atoms with Crippen molar-refractivity contribution in [1.82, 2.24) is 4.90 Å². The Morgan fingerprint density at radius 2 is 1.55 bits per heavy atom. The lowest BCUT2D eigenvalue weighted by molar-refractivity contribution is 0.283. The lowest BCUT2D eigenvalue weighted by Crippen LogP contribution is -2.46. The fourth-order valence-electron chi connectivity index (χ4n) is 2.78. The quantitative estimate of drug-likeness (QED) is 0.849. The molecule has 2 aromatic carbocycles. The van der Waals surface area contributed by atoms with Gasteiger partial charge in [0.2, 0.25) is 0 Å². The molecule has 3 heteroatoms. The van der Waals surface area contributed by atoms with E-state index in [9.17, 15) is 4.39 Å². The molecule has 0 aromatic heterocycles. The predicted molar refractivity (Wildman–Crippen MR) is 90.5 cm³/mol. The second-order valence-corrected chi connectivity index (χ2v) is 5.55. The molecule has 0 saturated carbocycles. The van der Waals surface area contributed by atoms with E-state index in [2.05, 4.69) is 34.1 Å². The molecule has 0 bridgehead atoms. The topological polar surface area (TPSA) is 6.48 Å². The van der Waals surface area contributed by atoms with Gasteiger partial charge in [0, 0.05) is 32.7 Å². The van der Waals surface area contributed by atoms with Crippen molar-refractivity contribution < 1.29 is 4.39 Å². The number of rotatable bonds is 4. The van der Waals surface area contributed by atoms with Crippen LogP contribution < -0.4 is 4.90 Å². The van der Waals surface area contributed by atoms with Gasteiger partial charge in [-0.15, -0.1) is 0 Å². The fourth-order valence-corrected chi connectivity index (χ4v) is 2.78. The summed E-state index contributed by atoms with van der Waals surface area (Å²) < 4.78 is 13.8. The van der Waals surface area contributed by atoms with E-state index in [0.29, 0.717) is 0 Å². The van der Waals surface area contributed by atoms with Crippen molar-refractivity contribution in [3.63, 3.8) is 0 Å². The van der Waals surface area contributed by atoms with Crippen LogP contribution in [0.5, 0.6) is 0 Å². The molecule has 0 unspecified atom stereocenters. The molecule has 22 heavy (non-hydrogen) atoms. The molecular formula is C19H21FN2. The Labute approximate surface area is 131 Å². The Morgan fingerprint density at radius 3 is 2.27 bits per heavy atom. The van der Waals surface area contributed by atoms with Crippen molar-refractivity contribution in [2.24, 2.45) is 0 Å². The normalized spacial score (nSPS) is 16.3. The van der Waals surface area contributed by atoms with Crippen molar-refractivity contribution >= 4 is 11.8 Å². The third kappa shape index (κ3) is 3.74. The molecule has 114 valence electrons. The number of halogens is 1. The smallest absolute Gasteiger partial charge is 0.146 e. The Balaban J connectivity index is 1.50. The summed E-state index contributed by atoms with van der Waals surface area (Å²) in [6.07, 6.45) is 4.36. The number of para-hydroxylation sites is 1. The van der Waals surface area contributed by atoms with Crippen LogP contribution in [0.15, 0.2) is 60.7 Å². The molecule has 0 spiro atoms. The Bertz CT molecular complexity index is 616. The Hall–Kier alpha value is -2.13. The van der Waals surface area contributed by atoms with Crippen molar-refractivity contribution in [3.8, 4) is 0 Å². The van der Waals surface area contributed by atoms with E-state index in [1.165, 1.54) is 11.6 Å². The van der Waals surface area contributed by atoms with Crippen LogP contribution in [-0.4, -0.2) is 37.6 Å². The van der Waals surface area contributed by atoms with Gasteiger partial charge in [-0.25, -0.2) is 4.39 Å². The van der Waals surface area contributed by atoms with Gasteiger partial charge in [0.15, 0.2) is 0 Å². The van der Waals surface area contributed by atoms with Crippen LogP contribution in [0.3, 0.4) is 0 Å². The van der Waals surface area contributed by atoms with Crippen LogP contribution >= 0.6 is 0 Å². The molecule has 1 aliphatic heterocycles. The highest BCUT2D eigenvalue weighted by atomic mass is 19.1. The zero-order valence-corrected chi connectivity index (χ0v) is 12.7. The van der Waals surface area contributed by atoms with Crippen molar-refractivity contribution in [3.05, 3.63) is 72.1 Å². The number of piperazine rings is 1. The van der Waals surface area contributed by atoms with Gasteiger partial charge >= 0.3 is 0 Å². The number of hydrogen-bond acceptors (Lipinski definition) is 2. The van der Waals surface area contributed by atoms with E-state index in [0.717, 1.165) is 38.4 Å². The Morgan fingerprint density at radius 1 is 0.864 bits per heavy atom. The number of nitrogens with zero attached hydrogens (tertiary/aromatic N) is 2. The molecule has 2 aromatic rings. The highest BCUT2D eigenvalue weighted by Crippen LogP contribution is 2.20. The van der Waals surface area contributed by atoms with E-state index >= 15 is 0 Å². The summed E-state index contributed by atoms with van der Waals surface area (Å²) in [5.74, 6) is -0.125. The summed E-state index contributed by atoms with van der Waals surface area (Å²) in [5.41, 5.74) is 1.95. The first-order valence-corrected chi connectivity index (χ1v) is 7.76. The van der Waals surface area contributed by atoms with Crippen LogP contribution in [0.1, 0.15) is 5.56 Å². The van der Waals surface area contributed by atoms with E-state index in [1.807, 2.05) is 30.3 Å². The molecule has 0 N–H and O–H groups in total. The maximum absolute atomic E-state index is 13.8. The van der Waals surface area contributed by atoms with Crippen LogP contribution in [0, 0.1) is 5.82 Å². The second kappa shape index (κ2) is 7.23. The molecular weight excluding hydrogens is 275 g/mol. The highest BCUT2D eigenvalue weighted by molar-refractivity contribution is 5.49. The molecule has 2 nitrogen and oxygen atoms in total. The van der Waals surface area contributed by atoms with Crippen LogP contribution in [0.2, 0.25) is 0 Å². The summed E-state index contributed by atoms with van der Waals surface area (Å²) in [4.78, 5) is 4.53. The summed E-state index contributed by atoms with van der Waals surface area (Å²) in [6, 6.07) is 17.4. The molecule has 0 atom stereocenters. The summed E-state index contributed by atoms with van der Waals surface area (Å²) in [5, 5.41) is 0. The highest BCUT2D eigenvalue weighted by Gasteiger charge is 2.18. The number of benzene rings is 2. The first-order valence-electron chi connectivity index (χ1n) is 7.76. The Kier molecular flexibility index (Phi) is 4.86. The third-order valence-electron chi connectivity index (χ3n) is 4.04. The van der Waals surface area contributed by atoms with Crippen molar-refractivity contribution in [1.29, 1.82) is 0 Å². The lowest BCUT2D eigenvalue weighted by Gasteiger charge is -2.35. The second-order valence-electron chi connectivity index (χ2n) is 5.55. The molecule has 1 heterocycles. The number of hydrogen-bond donors (Lipinski definition) is 0. The predicted octanol–water partition coefficient (Wildman–Crippen LogP) is 3.66. The van der Waals surface area contributed by atoms with Gasteiger partial charge < -0.3 is 4.90 Å². The molecule has 0 aliphatic carbocycles. The molecule has 1 fully saturated rings. The average molecular weight is 296 g/mol. The maximum Gasteiger partial charge on any atom is 0.146 e. The van der Waals surface area contributed by atoms with Crippen LogP contribution in [-0.2, 0) is 0 Å². The van der Waals surface area contributed by atoms with E-state index in [1.54, 1.807) is 6.07 Å². The SMILES string of the molecule is Fc1ccccc1N1CCN(CC=Cc2ccccc2)CC1. The van der Waals surface area contributed by atoms with E-state index < -0.39 is 0 Å². The molecule has 0 radical (unpaired) electrons. The zero-order chi connectivity index (χ0) is 15.2. The van der Waals surface area contributed by atoms with Crippen LogP contribution in [0.25, 0.3) is 6.08 Å². The summed E-state index contributed by atoms with van der Waals surface area (Å²) >= 11 is 0. The van der Waals surface area contributed by atoms with Crippen molar-refractivity contribution in [2.75, 3.05) is 37.6 Å². The molecule has 1 aliphatic rings. The van der Waals surface area contributed by atoms with Gasteiger partial charge in [-0.05, 0) is 17.7 Å². The standard InChI is InChI=1S/C19H21FN2/c20-18-10-4-5-11-19(18)22-15-13-21(14-16-22)12-6-9-17-7-2-1-3-8-17/h1-11H,12-16H2. The first-order chi connectivity index (χ1) is 10.8. The van der Waals surface area contributed by atoms with Gasteiger partial charge in [-0.1, -0.05) is 54.6 Å². The number of anilines is 1. The van der Waals surface area contributed by atoms with E-state index in [-0.39, 0.29) is 5.82 Å². The van der Waals surface area contributed by atoms with Gasteiger partial charge in [0.05, 0.1) is 5.69 Å². The minimum Gasteiger partial charge on any atom is -0.367 e. The maximum atomic E-state index is 13.8. The minimum absolute atomic E-state index is 0.125. The first kappa shape index (κ1) is 14.8. The molecule has 1 saturated heterocycles. The van der Waals surface area contributed by atoms with Crippen molar-refractivity contribution in [2.45, 2.75) is 0 Å². The fraction of sp³-hybridized carbons (Fsp3) is 0.263. The monoisotopic (exact) mass is 296 g/mol.